The van der Waals surface area contributed by atoms with Gasteiger partial charge in [0, 0.05) is 29.3 Å². The summed E-state index contributed by atoms with van der Waals surface area (Å²) in [4.78, 5) is 8.12. The third-order valence-corrected chi connectivity index (χ3v) is 4.25. The SMILES string of the molecule is CNCC(c1ccc(Br)cc1)c1ccc(Oc2cnccn2)cc1. The van der Waals surface area contributed by atoms with Gasteiger partial charge in [-0.15, -0.1) is 0 Å². The van der Waals surface area contributed by atoms with E-state index in [0.717, 1.165) is 16.8 Å². The molecule has 122 valence electrons. The van der Waals surface area contributed by atoms with Crippen molar-refractivity contribution in [2.75, 3.05) is 13.6 Å². The average Bonchev–Trinajstić information content (AvgIpc) is 2.62. The topological polar surface area (TPSA) is 47.0 Å². The summed E-state index contributed by atoms with van der Waals surface area (Å²) in [6.45, 7) is 0.867. The van der Waals surface area contributed by atoms with E-state index in [1.807, 2.05) is 19.2 Å². The molecule has 0 amide bonds. The molecular weight excluding hydrogens is 366 g/mol. The Kier molecular flexibility index (Phi) is 5.56. The molecule has 1 atom stereocenters. The Morgan fingerprint density at radius 2 is 1.67 bits per heavy atom. The molecule has 0 saturated heterocycles. The fraction of sp³-hybridized carbons (Fsp3) is 0.158. The zero-order valence-corrected chi connectivity index (χ0v) is 14.9. The van der Waals surface area contributed by atoms with Crippen LogP contribution in [-0.4, -0.2) is 23.6 Å². The predicted octanol–water partition coefficient (Wildman–Crippen LogP) is 4.38. The number of rotatable bonds is 6. The van der Waals surface area contributed by atoms with E-state index in [2.05, 4.69) is 67.6 Å². The van der Waals surface area contributed by atoms with Crippen LogP contribution in [0.5, 0.6) is 11.6 Å². The number of likely N-dealkylation sites (N-methyl/N-ethyl adjacent to an activating group) is 1. The quantitative estimate of drug-likeness (QED) is 0.685. The van der Waals surface area contributed by atoms with E-state index in [1.165, 1.54) is 11.1 Å². The summed E-state index contributed by atoms with van der Waals surface area (Å²) < 4.78 is 6.78. The van der Waals surface area contributed by atoms with E-state index in [0.29, 0.717) is 5.88 Å². The highest BCUT2D eigenvalue weighted by Gasteiger charge is 2.13. The third kappa shape index (κ3) is 4.19. The van der Waals surface area contributed by atoms with Gasteiger partial charge >= 0.3 is 0 Å². The molecule has 0 saturated carbocycles. The number of nitrogens with one attached hydrogen (secondary N) is 1. The lowest BCUT2D eigenvalue weighted by atomic mass is 9.91. The predicted molar refractivity (Wildman–Crippen MR) is 98.5 cm³/mol. The summed E-state index contributed by atoms with van der Waals surface area (Å²) in [7, 11) is 1.97. The molecule has 3 rings (SSSR count). The Bertz CT molecular complexity index is 761. The van der Waals surface area contributed by atoms with Crippen LogP contribution in [0.4, 0.5) is 0 Å². The Hall–Kier alpha value is -2.24. The lowest BCUT2D eigenvalue weighted by Gasteiger charge is -2.18. The van der Waals surface area contributed by atoms with Gasteiger partial charge in [0.05, 0.1) is 6.20 Å². The number of hydrogen-bond donors (Lipinski definition) is 1. The molecule has 0 radical (unpaired) electrons. The molecule has 1 heterocycles. The van der Waals surface area contributed by atoms with Gasteiger partial charge in [0.15, 0.2) is 0 Å². The zero-order chi connectivity index (χ0) is 16.8. The number of nitrogens with zero attached hydrogens (tertiary/aromatic N) is 2. The van der Waals surface area contributed by atoms with Crippen molar-refractivity contribution in [2.45, 2.75) is 5.92 Å². The highest BCUT2D eigenvalue weighted by molar-refractivity contribution is 9.10. The van der Waals surface area contributed by atoms with Gasteiger partial charge in [0.2, 0.25) is 5.88 Å². The van der Waals surface area contributed by atoms with Gasteiger partial charge in [-0.1, -0.05) is 40.2 Å². The van der Waals surface area contributed by atoms with Crippen LogP contribution < -0.4 is 10.1 Å². The summed E-state index contributed by atoms with van der Waals surface area (Å²) in [6, 6.07) is 16.6. The number of benzene rings is 2. The standard InChI is InChI=1S/C19H18BrN3O/c1-21-12-18(14-2-6-16(20)7-3-14)15-4-8-17(9-5-15)24-19-13-22-10-11-23-19/h2-11,13,18,21H,12H2,1H3. The van der Waals surface area contributed by atoms with Gasteiger partial charge in [-0.05, 0) is 42.4 Å². The highest BCUT2D eigenvalue weighted by atomic mass is 79.9. The molecule has 24 heavy (non-hydrogen) atoms. The molecule has 0 aliphatic rings. The summed E-state index contributed by atoms with van der Waals surface area (Å²) in [5, 5.41) is 3.27. The number of hydrogen-bond acceptors (Lipinski definition) is 4. The summed E-state index contributed by atoms with van der Waals surface area (Å²) in [5.74, 6) is 1.52. The first-order valence-electron chi connectivity index (χ1n) is 7.70. The van der Waals surface area contributed by atoms with Crippen molar-refractivity contribution >= 4 is 15.9 Å². The van der Waals surface area contributed by atoms with Gasteiger partial charge in [-0.2, -0.15) is 0 Å². The number of aromatic nitrogens is 2. The second kappa shape index (κ2) is 8.04. The molecule has 1 N–H and O–H groups in total. The van der Waals surface area contributed by atoms with E-state index in [1.54, 1.807) is 18.6 Å². The minimum Gasteiger partial charge on any atom is -0.438 e. The molecule has 5 heteroatoms. The van der Waals surface area contributed by atoms with Crippen molar-refractivity contribution in [3.8, 4) is 11.6 Å². The molecule has 1 unspecified atom stereocenters. The molecule has 0 fully saturated rings. The van der Waals surface area contributed by atoms with E-state index >= 15 is 0 Å². The molecule has 4 nitrogen and oxygen atoms in total. The minimum absolute atomic E-state index is 0.286. The zero-order valence-electron chi connectivity index (χ0n) is 13.3. The van der Waals surface area contributed by atoms with Gasteiger partial charge < -0.3 is 10.1 Å². The Labute approximate surface area is 150 Å². The maximum Gasteiger partial charge on any atom is 0.237 e. The first-order chi connectivity index (χ1) is 11.8. The molecule has 1 aromatic heterocycles. The molecule has 0 aliphatic carbocycles. The van der Waals surface area contributed by atoms with Crippen molar-refractivity contribution < 1.29 is 4.74 Å². The van der Waals surface area contributed by atoms with Crippen LogP contribution in [0.15, 0.2) is 71.6 Å². The van der Waals surface area contributed by atoms with Crippen molar-refractivity contribution in [1.29, 1.82) is 0 Å². The second-order valence-corrected chi connectivity index (χ2v) is 6.29. The maximum absolute atomic E-state index is 5.70. The van der Waals surface area contributed by atoms with E-state index < -0.39 is 0 Å². The van der Waals surface area contributed by atoms with Crippen molar-refractivity contribution in [2.24, 2.45) is 0 Å². The fourth-order valence-electron chi connectivity index (χ4n) is 2.55. The monoisotopic (exact) mass is 383 g/mol. The van der Waals surface area contributed by atoms with Crippen LogP contribution in [0.1, 0.15) is 17.0 Å². The molecule has 2 aromatic carbocycles. The second-order valence-electron chi connectivity index (χ2n) is 5.38. The number of halogens is 1. The van der Waals surface area contributed by atoms with Crippen molar-refractivity contribution in [3.05, 3.63) is 82.7 Å². The summed E-state index contributed by atoms with van der Waals surface area (Å²) in [5.41, 5.74) is 2.51. The van der Waals surface area contributed by atoms with Gasteiger partial charge in [0.1, 0.15) is 5.75 Å². The van der Waals surface area contributed by atoms with E-state index in [9.17, 15) is 0 Å². The summed E-state index contributed by atoms with van der Waals surface area (Å²) >= 11 is 3.49. The van der Waals surface area contributed by atoms with Gasteiger partial charge in [0.25, 0.3) is 0 Å². The molecule has 3 aromatic rings. The van der Waals surface area contributed by atoms with Crippen LogP contribution in [0.25, 0.3) is 0 Å². The lowest BCUT2D eigenvalue weighted by molar-refractivity contribution is 0.460. The van der Waals surface area contributed by atoms with Crippen molar-refractivity contribution in [3.63, 3.8) is 0 Å². The molecule has 0 aliphatic heterocycles. The first kappa shape index (κ1) is 16.6. The Morgan fingerprint density at radius 3 is 2.25 bits per heavy atom. The average molecular weight is 384 g/mol. The normalized spacial score (nSPS) is 11.9. The Morgan fingerprint density at radius 1 is 1.00 bits per heavy atom. The molecule has 0 bridgehead atoms. The van der Waals surface area contributed by atoms with Crippen LogP contribution in [0.3, 0.4) is 0 Å². The maximum atomic E-state index is 5.70. The highest BCUT2D eigenvalue weighted by Crippen LogP contribution is 2.28. The summed E-state index contributed by atoms with van der Waals surface area (Å²) in [6.07, 6.45) is 4.83. The van der Waals surface area contributed by atoms with Crippen molar-refractivity contribution in [1.82, 2.24) is 15.3 Å². The minimum atomic E-state index is 0.286. The largest absolute Gasteiger partial charge is 0.438 e. The van der Waals surface area contributed by atoms with Crippen LogP contribution in [0.2, 0.25) is 0 Å². The first-order valence-corrected chi connectivity index (χ1v) is 8.49. The van der Waals surface area contributed by atoms with Crippen LogP contribution in [-0.2, 0) is 0 Å². The lowest BCUT2D eigenvalue weighted by Crippen LogP contribution is -2.18. The van der Waals surface area contributed by atoms with Crippen LogP contribution >= 0.6 is 15.9 Å². The number of ether oxygens (including phenoxy) is 1. The van der Waals surface area contributed by atoms with E-state index in [4.69, 9.17) is 4.74 Å². The third-order valence-electron chi connectivity index (χ3n) is 3.72. The smallest absolute Gasteiger partial charge is 0.237 e. The fourth-order valence-corrected chi connectivity index (χ4v) is 2.82. The van der Waals surface area contributed by atoms with Gasteiger partial charge in [-0.25, -0.2) is 4.98 Å². The van der Waals surface area contributed by atoms with Crippen LogP contribution in [0, 0.1) is 0 Å². The van der Waals surface area contributed by atoms with Gasteiger partial charge in [-0.3, -0.25) is 4.98 Å². The molecular formula is C19H18BrN3O. The van der Waals surface area contributed by atoms with E-state index in [-0.39, 0.29) is 5.92 Å². The molecule has 0 spiro atoms. The Balaban J connectivity index is 1.80.